The van der Waals surface area contributed by atoms with Gasteiger partial charge < -0.3 is 15.1 Å². The third kappa shape index (κ3) is 2.38. The molecule has 0 unspecified atom stereocenters. The molecular formula is C16H17FN4S. The van der Waals surface area contributed by atoms with Gasteiger partial charge in [-0.05, 0) is 19.2 Å². The second-order valence-electron chi connectivity index (χ2n) is 5.72. The van der Waals surface area contributed by atoms with Crippen molar-refractivity contribution in [3.05, 3.63) is 39.3 Å². The van der Waals surface area contributed by atoms with Crippen LogP contribution in [-0.2, 0) is 0 Å². The standard InChI is InChI=1S/C16H17FN4S/c1-20-2-4-21(5-3-20)15-7-12(17)6-11-8-18-13-9-22-10-14(13)19-16(11)15/h6-10,18H,2-5H2,1H3. The number of rotatable bonds is 1. The van der Waals surface area contributed by atoms with Crippen LogP contribution in [0.25, 0.3) is 6.20 Å². The zero-order chi connectivity index (χ0) is 15.1. The lowest BCUT2D eigenvalue weighted by molar-refractivity contribution is 0.312. The summed E-state index contributed by atoms with van der Waals surface area (Å²) in [6.07, 6.45) is 1.85. The molecule has 0 spiro atoms. The summed E-state index contributed by atoms with van der Waals surface area (Å²) in [5.41, 5.74) is 2.79. The smallest absolute Gasteiger partial charge is 0.126 e. The molecule has 114 valence electrons. The first-order valence-electron chi connectivity index (χ1n) is 7.35. The lowest BCUT2D eigenvalue weighted by Gasteiger charge is -2.34. The van der Waals surface area contributed by atoms with Crippen LogP contribution in [0.4, 0.5) is 21.5 Å². The van der Waals surface area contributed by atoms with Crippen LogP contribution in [0.15, 0.2) is 27.9 Å². The van der Waals surface area contributed by atoms with Crippen molar-refractivity contribution < 1.29 is 4.39 Å². The number of anilines is 2. The maximum atomic E-state index is 14.0. The van der Waals surface area contributed by atoms with Gasteiger partial charge in [0.25, 0.3) is 0 Å². The monoisotopic (exact) mass is 316 g/mol. The molecule has 6 heteroatoms. The second kappa shape index (κ2) is 5.37. The van der Waals surface area contributed by atoms with Crippen molar-refractivity contribution in [3.8, 4) is 0 Å². The SMILES string of the molecule is CN1CCN(c2cc(F)cc3c2=Nc2cscc2NC=3)CC1. The average molecular weight is 316 g/mol. The number of benzene rings is 1. The van der Waals surface area contributed by atoms with E-state index in [2.05, 4.69) is 22.2 Å². The fourth-order valence-corrected chi connectivity index (χ4v) is 3.59. The van der Waals surface area contributed by atoms with Crippen molar-refractivity contribution >= 4 is 34.6 Å². The van der Waals surface area contributed by atoms with Gasteiger partial charge in [0, 0.05) is 48.4 Å². The van der Waals surface area contributed by atoms with Gasteiger partial charge in [0.15, 0.2) is 0 Å². The van der Waals surface area contributed by atoms with E-state index in [1.165, 1.54) is 0 Å². The highest BCUT2D eigenvalue weighted by Crippen LogP contribution is 2.29. The Morgan fingerprint density at radius 1 is 1.18 bits per heavy atom. The van der Waals surface area contributed by atoms with E-state index in [1.807, 2.05) is 17.0 Å². The Labute approximate surface area is 132 Å². The topological polar surface area (TPSA) is 30.9 Å². The number of likely N-dealkylation sites (N-methyl/N-ethyl adjacent to an activating group) is 1. The van der Waals surface area contributed by atoms with Crippen molar-refractivity contribution in [2.24, 2.45) is 4.99 Å². The number of thiophene rings is 1. The molecule has 2 aromatic rings. The highest BCUT2D eigenvalue weighted by molar-refractivity contribution is 7.08. The quantitative estimate of drug-likeness (QED) is 0.870. The molecule has 3 heterocycles. The van der Waals surface area contributed by atoms with Gasteiger partial charge in [-0.3, -0.25) is 0 Å². The summed E-state index contributed by atoms with van der Waals surface area (Å²) in [4.78, 5) is 9.31. The summed E-state index contributed by atoms with van der Waals surface area (Å²) >= 11 is 1.61. The summed E-state index contributed by atoms with van der Waals surface area (Å²) in [7, 11) is 2.11. The molecule has 1 N–H and O–H groups in total. The van der Waals surface area contributed by atoms with Crippen molar-refractivity contribution in [1.29, 1.82) is 0 Å². The molecule has 2 aliphatic heterocycles. The summed E-state index contributed by atoms with van der Waals surface area (Å²) < 4.78 is 14.0. The normalized spacial score (nSPS) is 17.6. The van der Waals surface area contributed by atoms with Gasteiger partial charge in [0.05, 0.1) is 22.4 Å². The molecule has 0 aliphatic carbocycles. The molecule has 0 saturated carbocycles. The van der Waals surface area contributed by atoms with Gasteiger partial charge in [-0.15, -0.1) is 11.3 Å². The van der Waals surface area contributed by atoms with E-state index in [0.717, 1.165) is 53.8 Å². The molecule has 0 atom stereocenters. The van der Waals surface area contributed by atoms with Crippen LogP contribution in [0.3, 0.4) is 0 Å². The fraction of sp³-hybridized carbons (Fsp3) is 0.312. The Morgan fingerprint density at radius 3 is 2.82 bits per heavy atom. The van der Waals surface area contributed by atoms with E-state index in [0.29, 0.717) is 0 Å². The Kier molecular flexibility index (Phi) is 3.35. The number of fused-ring (bicyclic) bond motifs is 2. The predicted molar refractivity (Wildman–Crippen MR) is 89.0 cm³/mol. The van der Waals surface area contributed by atoms with Crippen molar-refractivity contribution in [2.45, 2.75) is 0 Å². The van der Waals surface area contributed by atoms with E-state index >= 15 is 0 Å². The van der Waals surface area contributed by atoms with E-state index in [4.69, 9.17) is 4.99 Å². The van der Waals surface area contributed by atoms with Crippen LogP contribution >= 0.6 is 11.3 Å². The lowest BCUT2D eigenvalue weighted by Crippen LogP contribution is -2.47. The summed E-state index contributed by atoms with van der Waals surface area (Å²) in [6.45, 7) is 3.76. The minimum absolute atomic E-state index is 0.217. The first-order chi connectivity index (χ1) is 10.7. The van der Waals surface area contributed by atoms with Gasteiger partial charge in [-0.1, -0.05) is 0 Å². The Hall–Kier alpha value is -1.92. The third-order valence-corrected chi connectivity index (χ3v) is 4.92. The van der Waals surface area contributed by atoms with Gasteiger partial charge in [-0.2, -0.15) is 0 Å². The van der Waals surface area contributed by atoms with Gasteiger partial charge in [-0.25, -0.2) is 9.38 Å². The van der Waals surface area contributed by atoms with Crippen molar-refractivity contribution in [1.82, 2.24) is 4.90 Å². The highest BCUT2D eigenvalue weighted by Gasteiger charge is 2.18. The molecule has 1 aromatic heterocycles. The first-order valence-corrected chi connectivity index (χ1v) is 8.30. The number of piperazine rings is 1. The van der Waals surface area contributed by atoms with Crippen LogP contribution in [0.1, 0.15) is 0 Å². The van der Waals surface area contributed by atoms with Crippen LogP contribution in [0, 0.1) is 5.82 Å². The maximum absolute atomic E-state index is 14.0. The van der Waals surface area contributed by atoms with Crippen molar-refractivity contribution in [3.63, 3.8) is 0 Å². The van der Waals surface area contributed by atoms with E-state index in [-0.39, 0.29) is 5.82 Å². The number of halogens is 1. The van der Waals surface area contributed by atoms with Gasteiger partial charge >= 0.3 is 0 Å². The van der Waals surface area contributed by atoms with Crippen LogP contribution in [0.5, 0.6) is 0 Å². The molecule has 0 amide bonds. The van der Waals surface area contributed by atoms with Crippen LogP contribution in [0.2, 0.25) is 0 Å². The minimum Gasteiger partial charge on any atom is -0.367 e. The predicted octanol–water partition coefficient (Wildman–Crippen LogP) is 1.75. The molecule has 0 radical (unpaired) electrons. The first kappa shape index (κ1) is 13.7. The number of hydrogen-bond acceptors (Lipinski definition) is 5. The van der Waals surface area contributed by atoms with Gasteiger partial charge in [0.1, 0.15) is 5.82 Å². The molecular weight excluding hydrogens is 299 g/mol. The third-order valence-electron chi connectivity index (χ3n) is 4.18. The molecule has 4 nitrogen and oxygen atoms in total. The summed E-state index contributed by atoms with van der Waals surface area (Å²) in [5.74, 6) is -0.217. The molecule has 2 aliphatic rings. The zero-order valence-corrected chi connectivity index (χ0v) is 13.2. The highest BCUT2D eigenvalue weighted by atomic mass is 32.1. The largest absolute Gasteiger partial charge is 0.367 e. The maximum Gasteiger partial charge on any atom is 0.126 e. The molecule has 4 rings (SSSR count). The Balaban J connectivity index is 1.89. The number of nitrogens with one attached hydrogen (secondary N) is 1. The molecule has 22 heavy (non-hydrogen) atoms. The van der Waals surface area contributed by atoms with Crippen LogP contribution in [-0.4, -0.2) is 38.1 Å². The minimum atomic E-state index is -0.217. The lowest BCUT2D eigenvalue weighted by atomic mass is 10.2. The zero-order valence-electron chi connectivity index (χ0n) is 12.3. The van der Waals surface area contributed by atoms with E-state index < -0.39 is 0 Å². The van der Waals surface area contributed by atoms with Crippen LogP contribution < -0.4 is 20.8 Å². The van der Waals surface area contributed by atoms with Crippen molar-refractivity contribution in [2.75, 3.05) is 43.4 Å². The average Bonchev–Trinajstić information content (AvgIpc) is 2.88. The van der Waals surface area contributed by atoms with E-state index in [1.54, 1.807) is 23.5 Å². The summed E-state index contributed by atoms with van der Waals surface area (Å²) in [5, 5.41) is 8.92. The van der Waals surface area contributed by atoms with Gasteiger partial charge in [0.2, 0.25) is 0 Å². The number of hydrogen-bond donors (Lipinski definition) is 1. The molecule has 1 aromatic carbocycles. The molecule has 0 bridgehead atoms. The summed E-state index contributed by atoms with van der Waals surface area (Å²) in [6, 6.07) is 3.15. The fourth-order valence-electron chi connectivity index (χ4n) is 2.89. The molecule has 1 fully saturated rings. The Bertz CT molecular complexity index is 821. The Morgan fingerprint density at radius 2 is 2.00 bits per heavy atom. The number of nitrogens with zero attached hydrogens (tertiary/aromatic N) is 3. The molecule has 1 saturated heterocycles. The van der Waals surface area contributed by atoms with E-state index in [9.17, 15) is 4.39 Å². The second-order valence-corrected chi connectivity index (χ2v) is 6.47.